The van der Waals surface area contributed by atoms with Gasteiger partial charge >= 0.3 is 0 Å². The van der Waals surface area contributed by atoms with Crippen LogP contribution >= 0.6 is 12.2 Å². The van der Waals surface area contributed by atoms with E-state index in [0.717, 1.165) is 22.6 Å². The lowest BCUT2D eigenvalue weighted by Crippen LogP contribution is -2.54. The molecule has 0 unspecified atom stereocenters. The molecule has 3 heterocycles. The van der Waals surface area contributed by atoms with Gasteiger partial charge in [-0.3, -0.25) is 14.9 Å². The average Bonchev–Trinajstić information content (AvgIpc) is 3.44. The van der Waals surface area contributed by atoms with Crippen LogP contribution in [0.1, 0.15) is 17.0 Å². The maximum absolute atomic E-state index is 13.6. The zero-order valence-corrected chi connectivity index (χ0v) is 20.9. The standard InChI is InChI=1S/C26H23N3O6S/c1-14-9-16(15(2)28(14)17-5-8-21-23(11-17)35-13-34-21)10-19-24(30)27-26(36)29(25(19)31)20-7-6-18(32-3)12-22(20)33-4/h5-12H,13H2,1-4H3,(H,27,30,36)/b19-10+. The third kappa shape index (κ3) is 3.85. The van der Waals surface area contributed by atoms with Crippen LogP contribution in [0.3, 0.4) is 0 Å². The van der Waals surface area contributed by atoms with E-state index in [1.54, 1.807) is 24.3 Å². The van der Waals surface area contributed by atoms with Gasteiger partial charge in [0.05, 0.1) is 19.9 Å². The van der Waals surface area contributed by atoms with Crippen LogP contribution in [-0.4, -0.2) is 42.5 Å². The van der Waals surface area contributed by atoms with E-state index in [1.165, 1.54) is 19.1 Å². The number of nitrogens with zero attached hydrogens (tertiary/aromatic N) is 2. The minimum absolute atomic E-state index is 0.0311. The largest absolute Gasteiger partial charge is 0.497 e. The SMILES string of the molecule is COc1ccc(N2C(=O)/C(=C/c3cc(C)n(-c4ccc5c(c4)OCO5)c3C)C(=O)NC2=S)c(OC)c1. The zero-order chi connectivity index (χ0) is 25.6. The number of anilines is 1. The van der Waals surface area contributed by atoms with Crippen molar-refractivity contribution in [3.63, 3.8) is 0 Å². The van der Waals surface area contributed by atoms with Crippen LogP contribution in [0.4, 0.5) is 5.69 Å². The number of carbonyl (C=O) groups excluding carboxylic acids is 2. The maximum Gasteiger partial charge on any atom is 0.270 e. The summed E-state index contributed by atoms with van der Waals surface area (Å²) < 4.78 is 23.6. The van der Waals surface area contributed by atoms with Gasteiger partial charge in [0.2, 0.25) is 6.79 Å². The summed E-state index contributed by atoms with van der Waals surface area (Å²) in [7, 11) is 3.02. The van der Waals surface area contributed by atoms with E-state index in [9.17, 15) is 9.59 Å². The van der Waals surface area contributed by atoms with Crippen molar-refractivity contribution in [3.05, 3.63) is 65.0 Å². The Kier molecular flexibility index (Phi) is 5.89. The number of rotatable bonds is 5. The van der Waals surface area contributed by atoms with Crippen LogP contribution in [0.15, 0.2) is 48.0 Å². The lowest BCUT2D eigenvalue weighted by Gasteiger charge is -2.30. The number of aryl methyl sites for hydroxylation is 1. The van der Waals surface area contributed by atoms with E-state index in [1.807, 2.05) is 42.7 Å². The number of carbonyl (C=O) groups is 2. The topological polar surface area (TPSA) is 91.3 Å². The Morgan fingerprint density at radius 3 is 2.53 bits per heavy atom. The Hall–Kier alpha value is -4.31. The summed E-state index contributed by atoms with van der Waals surface area (Å²) in [6.45, 7) is 4.06. The predicted octanol–water partition coefficient (Wildman–Crippen LogP) is 3.67. The number of methoxy groups -OCH3 is 2. The van der Waals surface area contributed by atoms with Crippen LogP contribution in [-0.2, 0) is 9.59 Å². The molecule has 1 fully saturated rings. The quantitative estimate of drug-likeness (QED) is 0.321. The Balaban J connectivity index is 1.54. The maximum atomic E-state index is 13.6. The first-order chi connectivity index (χ1) is 17.3. The summed E-state index contributed by atoms with van der Waals surface area (Å²) in [6.07, 6.45) is 1.58. The summed E-state index contributed by atoms with van der Waals surface area (Å²) >= 11 is 5.34. The van der Waals surface area contributed by atoms with Gasteiger partial charge in [0.25, 0.3) is 11.8 Å². The van der Waals surface area contributed by atoms with Crippen molar-refractivity contribution in [2.45, 2.75) is 13.8 Å². The lowest BCUT2D eigenvalue weighted by atomic mass is 10.1. The second kappa shape index (κ2) is 9.04. The molecule has 1 saturated heterocycles. The first-order valence-electron chi connectivity index (χ1n) is 11.0. The molecule has 1 N–H and O–H groups in total. The van der Waals surface area contributed by atoms with Gasteiger partial charge in [0.1, 0.15) is 17.1 Å². The van der Waals surface area contributed by atoms with Crippen molar-refractivity contribution < 1.29 is 28.5 Å². The fraction of sp³-hybridized carbons (Fsp3) is 0.192. The van der Waals surface area contributed by atoms with Crippen molar-refractivity contribution in [1.29, 1.82) is 0 Å². The highest BCUT2D eigenvalue weighted by molar-refractivity contribution is 7.80. The molecule has 2 amide bonds. The summed E-state index contributed by atoms with van der Waals surface area (Å²) in [4.78, 5) is 27.7. The molecular weight excluding hydrogens is 482 g/mol. The summed E-state index contributed by atoms with van der Waals surface area (Å²) in [5.74, 6) is 1.17. The van der Waals surface area contributed by atoms with Gasteiger partial charge in [0, 0.05) is 29.2 Å². The highest BCUT2D eigenvalue weighted by Crippen LogP contribution is 2.36. The van der Waals surface area contributed by atoms with E-state index >= 15 is 0 Å². The third-order valence-corrected chi connectivity index (χ3v) is 6.40. The van der Waals surface area contributed by atoms with Crippen LogP contribution < -0.4 is 29.2 Å². The second-order valence-electron chi connectivity index (χ2n) is 8.20. The highest BCUT2D eigenvalue weighted by Gasteiger charge is 2.36. The molecule has 0 saturated carbocycles. The molecule has 2 aromatic carbocycles. The van der Waals surface area contributed by atoms with Gasteiger partial charge in [-0.05, 0) is 68.0 Å². The number of benzene rings is 2. The van der Waals surface area contributed by atoms with Gasteiger partial charge < -0.3 is 23.5 Å². The van der Waals surface area contributed by atoms with Gasteiger partial charge in [0.15, 0.2) is 16.6 Å². The van der Waals surface area contributed by atoms with Crippen LogP contribution in [0.2, 0.25) is 0 Å². The first kappa shape index (κ1) is 23.4. The Bertz CT molecular complexity index is 1460. The van der Waals surface area contributed by atoms with Crippen molar-refractivity contribution in [1.82, 2.24) is 9.88 Å². The molecule has 3 aromatic rings. The number of amides is 2. The minimum Gasteiger partial charge on any atom is -0.497 e. The molecule has 1 aromatic heterocycles. The van der Waals surface area contributed by atoms with Crippen LogP contribution in [0.5, 0.6) is 23.0 Å². The molecule has 2 aliphatic heterocycles. The number of thiocarbonyl (C=S) groups is 1. The van der Waals surface area contributed by atoms with Crippen molar-refractivity contribution >= 4 is 40.9 Å². The van der Waals surface area contributed by atoms with E-state index in [-0.39, 0.29) is 17.5 Å². The fourth-order valence-electron chi connectivity index (χ4n) is 4.36. The number of hydrogen-bond donors (Lipinski definition) is 1. The van der Waals surface area contributed by atoms with Crippen LogP contribution in [0.25, 0.3) is 11.8 Å². The Labute approximate surface area is 212 Å². The normalized spacial score (nSPS) is 15.9. The van der Waals surface area contributed by atoms with Crippen LogP contribution in [0, 0.1) is 13.8 Å². The Morgan fingerprint density at radius 1 is 1.00 bits per heavy atom. The molecule has 184 valence electrons. The predicted molar refractivity (Wildman–Crippen MR) is 137 cm³/mol. The number of ether oxygens (including phenoxy) is 4. The Morgan fingerprint density at radius 2 is 1.78 bits per heavy atom. The van der Waals surface area contributed by atoms with E-state index < -0.39 is 11.8 Å². The molecule has 10 heteroatoms. The number of fused-ring (bicyclic) bond motifs is 1. The molecule has 2 aliphatic rings. The van der Waals surface area contributed by atoms with Gasteiger partial charge in [-0.1, -0.05) is 0 Å². The summed E-state index contributed by atoms with van der Waals surface area (Å²) in [6, 6.07) is 12.6. The minimum atomic E-state index is -0.568. The smallest absolute Gasteiger partial charge is 0.270 e. The van der Waals surface area contributed by atoms with Gasteiger partial charge in [-0.2, -0.15) is 0 Å². The number of nitrogens with one attached hydrogen (secondary N) is 1. The van der Waals surface area contributed by atoms with Crippen molar-refractivity contribution in [2.75, 3.05) is 25.9 Å². The van der Waals surface area contributed by atoms with Gasteiger partial charge in [-0.25, -0.2) is 4.90 Å². The molecule has 0 spiro atoms. The average molecular weight is 506 g/mol. The molecule has 5 rings (SSSR count). The molecular formula is C26H23N3O6S. The van der Waals surface area contributed by atoms with Crippen molar-refractivity contribution in [3.8, 4) is 28.7 Å². The molecule has 0 bridgehead atoms. The molecule has 0 atom stereocenters. The summed E-state index contributed by atoms with van der Waals surface area (Å²) in [5, 5.41) is 2.58. The molecule has 0 aliphatic carbocycles. The highest BCUT2D eigenvalue weighted by atomic mass is 32.1. The van der Waals surface area contributed by atoms with E-state index in [0.29, 0.717) is 28.7 Å². The summed E-state index contributed by atoms with van der Waals surface area (Å²) in [5.41, 5.74) is 3.71. The number of hydrogen-bond acceptors (Lipinski definition) is 7. The third-order valence-electron chi connectivity index (χ3n) is 6.11. The first-order valence-corrected chi connectivity index (χ1v) is 11.5. The fourth-order valence-corrected chi connectivity index (χ4v) is 4.63. The zero-order valence-electron chi connectivity index (χ0n) is 20.1. The molecule has 36 heavy (non-hydrogen) atoms. The van der Waals surface area contributed by atoms with E-state index in [4.69, 9.17) is 31.2 Å². The number of aromatic nitrogens is 1. The van der Waals surface area contributed by atoms with Crippen molar-refractivity contribution in [2.24, 2.45) is 0 Å². The second-order valence-corrected chi connectivity index (χ2v) is 8.58. The lowest BCUT2D eigenvalue weighted by molar-refractivity contribution is -0.122. The van der Waals surface area contributed by atoms with Gasteiger partial charge in [-0.15, -0.1) is 0 Å². The van der Waals surface area contributed by atoms with E-state index in [2.05, 4.69) is 5.32 Å². The molecule has 0 radical (unpaired) electrons. The monoisotopic (exact) mass is 505 g/mol. The molecule has 9 nitrogen and oxygen atoms in total.